The second-order valence-electron chi connectivity index (χ2n) is 13.2. The van der Waals surface area contributed by atoms with E-state index < -0.39 is 0 Å². The van der Waals surface area contributed by atoms with E-state index in [0.29, 0.717) is 48.0 Å². The number of imidazole rings is 2. The average Bonchev–Trinajstić information content (AvgIpc) is 3.75. The molecule has 6 heterocycles. The third-order valence-corrected chi connectivity index (χ3v) is 8.05. The summed E-state index contributed by atoms with van der Waals surface area (Å²) in [6.07, 6.45) is 7.10. The van der Waals surface area contributed by atoms with Crippen LogP contribution in [0, 0.1) is 31.6 Å². The monoisotopic (exact) mass is 737 g/mol. The predicted octanol–water partition coefficient (Wildman–Crippen LogP) is 5.36. The Morgan fingerprint density at radius 1 is 0.878 bits per heavy atom. The van der Waals surface area contributed by atoms with Crippen LogP contribution in [0.3, 0.4) is 0 Å². The molecule has 0 amide bonds. The number of halogens is 1. The molecule has 0 saturated heterocycles. The van der Waals surface area contributed by atoms with Crippen LogP contribution < -0.4 is 20.4 Å². The van der Waals surface area contributed by atoms with Crippen molar-refractivity contribution in [2.24, 2.45) is 20.8 Å². The Bertz CT molecular complexity index is 1730. The largest absolute Gasteiger partial charge is 0.480 e. The highest BCUT2D eigenvalue weighted by molar-refractivity contribution is 9.10. The lowest BCUT2D eigenvalue weighted by atomic mass is 9.87. The van der Waals surface area contributed by atoms with Crippen molar-refractivity contribution in [1.29, 1.82) is 0 Å². The van der Waals surface area contributed by atoms with E-state index in [2.05, 4.69) is 84.5 Å². The zero-order valence-corrected chi connectivity index (χ0v) is 31.1. The number of aromatic nitrogens is 6. The molecule has 0 fully saturated rings. The molecule has 2 aliphatic heterocycles. The number of hydrogen-bond acceptors (Lipinski definition) is 12. The van der Waals surface area contributed by atoms with Crippen molar-refractivity contribution < 1.29 is 19.1 Å². The van der Waals surface area contributed by atoms with E-state index in [1.807, 2.05) is 62.7 Å². The molecule has 0 aliphatic carbocycles. The minimum absolute atomic E-state index is 0.0137. The van der Waals surface area contributed by atoms with Gasteiger partial charge in [0.2, 0.25) is 11.8 Å². The number of methoxy groups -OCH3 is 2. The van der Waals surface area contributed by atoms with Gasteiger partial charge in [0.25, 0.3) is 0 Å². The molecule has 262 valence electrons. The number of H-pyrrole nitrogens is 1. The molecule has 4 aromatic rings. The molecule has 2 aliphatic rings. The van der Waals surface area contributed by atoms with Crippen molar-refractivity contribution in [3.63, 3.8) is 0 Å². The Balaban J connectivity index is 0.000000192. The van der Waals surface area contributed by atoms with Gasteiger partial charge >= 0.3 is 0 Å². The normalized spacial score (nSPS) is 17.5. The van der Waals surface area contributed by atoms with Crippen LogP contribution in [0.15, 0.2) is 63.8 Å². The SMILES string of the molecule is COc1nc(C2=NC(C(C)(C)C)CON2)ccc1-n1cnc(C)c1.Cc1cnc[nH]1.[CH2+]C(C)(C)C1CONC(c2ccc(Br)c(OC)n2)=N1. The molecule has 2 unspecified atom stereocenters. The number of ether oxygens (including phenoxy) is 2. The number of aliphatic imine (C=N–C) groups is 2. The van der Waals surface area contributed by atoms with Crippen LogP contribution >= 0.6 is 15.9 Å². The number of amidine groups is 2. The molecule has 0 spiro atoms. The number of rotatable bonds is 6. The highest BCUT2D eigenvalue weighted by Gasteiger charge is 2.34. The van der Waals surface area contributed by atoms with Gasteiger partial charge < -0.3 is 19.0 Å². The fraction of sp³-hybridized carbons (Fsp3) is 0.441. The standard InChI is InChI=1S/C17H23N5O2.C13H17BrN3O2.C4H6N2/c1-11-8-22(10-18-11)13-7-6-12(19-16(13)23-5)15-20-14(9-24-21-15)17(2,3)4;1-13(2,3)10-7-19-17-11(16-10)9-6-5-8(14)12(15-9)18-4;1-4-2-5-3-6-4/h6-8,10,14H,9H2,1-5H3,(H,20,21);5-6,10H,1,7H2,2-4H3,(H,16,17);2-3H,1H3,(H,5,6)/q;+1;. The van der Waals surface area contributed by atoms with Crippen molar-refractivity contribution in [3.05, 3.63) is 83.5 Å². The second-order valence-corrected chi connectivity index (χ2v) is 14.1. The Labute approximate surface area is 296 Å². The number of nitrogens with one attached hydrogen (secondary N) is 3. The van der Waals surface area contributed by atoms with E-state index in [4.69, 9.17) is 24.1 Å². The summed E-state index contributed by atoms with van der Waals surface area (Å²) in [5, 5.41) is 0. The van der Waals surface area contributed by atoms with Gasteiger partial charge in [-0.2, -0.15) is 0 Å². The lowest BCUT2D eigenvalue weighted by Gasteiger charge is -2.31. The summed E-state index contributed by atoms with van der Waals surface area (Å²) in [5.41, 5.74) is 9.70. The van der Waals surface area contributed by atoms with Crippen molar-refractivity contribution >= 4 is 27.6 Å². The first kappa shape index (κ1) is 37.4. The Hall–Kier alpha value is -4.47. The first-order valence-corrected chi connectivity index (χ1v) is 16.5. The van der Waals surface area contributed by atoms with Crippen molar-refractivity contribution in [3.8, 4) is 17.4 Å². The van der Waals surface area contributed by atoms with E-state index >= 15 is 0 Å². The number of pyridine rings is 2. The molecule has 6 rings (SSSR count). The first-order chi connectivity index (χ1) is 23.2. The van der Waals surface area contributed by atoms with Crippen LogP contribution in [0.2, 0.25) is 0 Å². The Kier molecular flexibility index (Phi) is 12.4. The highest BCUT2D eigenvalue weighted by atomic mass is 79.9. The fourth-order valence-electron chi connectivity index (χ4n) is 4.39. The molecular weight excluding hydrogens is 692 g/mol. The molecule has 0 bridgehead atoms. The third kappa shape index (κ3) is 10.3. The van der Waals surface area contributed by atoms with Gasteiger partial charge in [-0.25, -0.2) is 30.9 Å². The van der Waals surface area contributed by atoms with Gasteiger partial charge in [-0.1, -0.05) is 20.8 Å². The van der Waals surface area contributed by atoms with E-state index in [0.717, 1.165) is 21.5 Å². The fourth-order valence-corrected chi connectivity index (χ4v) is 4.77. The number of hydroxylamine groups is 2. The molecule has 4 aromatic heterocycles. The van der Waals surface area contributed by atoms with Crippen LogP contribution in [-0.2, 0) is 9.68 Å². The number of nitrogens with zero attached hydrogens (tertiary/aromatic N) is 7. The lowest BCUT2D eigenvalue weighted by Crippen LogP contribution is -2.41. The molecular formula is C34H46BrN10O4+. The molecule has 0 radical (unpaired) electrons. The molecule has 15 heteroatoms. The van der Waals surface area contributed by atoms with Gasteiger partial charge in [-0.05, 0) is 73.3 Å². The number of aryl methyl sites for hydroxylation is 2. The quantitative estimate of drug-likeness (QED) is 0.220. The predicted molar refractivity (Wildman–Crippen MR) is 192 cm³/mol. The molecule has 2 atom stereocenters. The first-order valence-electron chi connectivity index (χ1n) is 15.7. The Morgan fingerprint density at radius 3 is 1.96 bits per heavy atom. The van der Waals surface area contributed by atoms with Gasteiger partial charge in [0.1, 0.15) is 35.1 Å². The minimum Gasteiger partial charge on any atom is -0.480 e. The van der Waals surface area contributed by atoms with E-state index in [1.54, 1.807) is 33.1 Å². The van der Waals surface area contributed by atoms with Gasteiger partial charge in [0, 0.05) is 18.1 Å². The zero-order valence-electron chi connectivity index (χ0n) is 29.5. The van der Waals surface area contributed by atoms with E-state index in [1.165, 1.54) is 0 Å². The number of hydrogen-bond donors (Lipinski definition) is 3. The van der Waals surface area contributed by atoms with Gasteiger partial charge in [-0.3, -0.25) is 19.7 Å². The maximum Gasteiger partial charge on any atom is 0.238 e. The second kappa shape index (κ2) is 16.3. The summed E-state index contributed by atoms with van der Waals surface area (Å²) < 4.78 is 13.3. The Morgan fingerprint density at radius 2 is 1.47 bits per heavy atom. The van der Waals surface area contributed by atoms with Gasteiger partial charge in [0.15, 0.2) is 11.7 Å². The average molecular weight is 739 g/mol. The molecule has 49 heavy (non-hydrogen) atoms. The van der Waals surface area contributed by atoms with Crippen LogP contribution in [0.4, 0.5) is 0 Å². The van der Waals surface area contributed by atoms with Crippen LogP contribution in [0.5, 0.6) is 11.8 Å². The molecule has 0 saturated carbocycles. The molecule has 0 aromatic carbocycles. The van der Waals surface area contributed by atoms with Crippen LogP contribution in [0.1, 0.15) is 57.4 Å². The summed E-state index contributed by atoms with van der Waals surface area (Å²) in [6, 6.07) is 7.60. The van der Waals surface area contributed by atoms with E-state index in [-0.39, 0.29) is 22.9 Å². The minimum atomic E-state index is -0.202. The molecule has 14 nitrogen and oxygen atoms in total. The topological polar surface area (TPSA) is 158 Å². The number of aromatic amines is 1. The van der Waals surface area contributed by atoms with Crippen molar-refractivity contribution in [1.82, 2.24) is 40.4 Å². The molecule has 3 N–H and O–H groups in total. The highest BCUT2D eigenvalue weighted by Crippen LogP contribution is 2.27. The summed E-state index contributed by atoms with van der Waals surface area (Å²) in [7, 11) is 3.18. The van der Waals surface area contributed by atoms with Gasteiger partial charge in [-0.15, -0.1) is 0 Å². The van der Waals surface area contributed by atoms with Crippen molar-refractivity contribution in [2.75, 3.05) is 27.4 Å². The summed E-state index contributed by atoms with van der Waals surface area (Å²) in [4.78, 5) is 40.1. The maximum absolute atomic E-state index is 5.49. The van der Waals surface area contributed by atoms with Gasteiger partial charge in [0.05, 0.1) is 56.6 Å². The van der Waals surface area contributed by atoms with E-state index in [9.17, 15) is 0 Å². The summed E-state index contributed by atoms with van der Waals surface area (Å²) >= 11 is 3.37. The van der Waals surface area contributed by atoms with Crippen molar-refractivity contribution in [2.45, 2.75) is 60.5 Å². The smallest absolute Gasteiger partial charge is 0.238 e. The van der Waals surface area contributed by atoms with Crippen LogP contribution in [0.25, 0.3) is 5.69 Å². The maximum atomic E-state index is 5.49. The van der Waals surface area contributed by atoms with Crippen LogP contribution in [-0.4, -0.2) is 80.7 Å². The lowest BCUT2D eigenvalue weighted by molar-refractivity contribution is 0.0375. The zero-order chi connectivity index (χ0) is 35.8. The summed E-state index contributed by atoms with van der Waals surface area (Å²) in [5.74, 6) is 2.23. The summed E-state index contributed by atoms with van der Waals surface area (Å²) in [6.45, 7) is 19.5. The third-order valence-electron chi connectivity index (χ3n) is 7.44.